The maximum atomic E-state index is 12.4. The highest BCUT2D eigenvalue weighted by atomic mass is 32.2. The number of likely N-dealkylation sites (tertiary alicyclic amines) is 1. The minimum atomic E-state index is -3.61. The second-order valence-corrected chi connectivity index (χ2v) is 8.37. The molecular formula is C15H24N4O3S. The number of fused-ring (bicyclic) bond motifs is 1. The molecule has 2 fully saturated rings. The first kappa shape index (κ1) is 16.4. The van der Waals surface area contributed by atoms with Crippen molar-refractivity contribution in [1.29, 1.82) is 0 Å². The van der Waals surface area contributed by atoms with Gasteiger partial charge in [0.15, 0.2) is 5.03 Å². The van der Waals surface area contributed by atoms with E-state index in [4.69, 9.17) is 0 Å². The number of rotatable bonds is 5. The summed E-state index contributed by atoms with van der Waals surface area (Å²) in [6.07, 6.45) is 7.21. The summed E-state index contributed by atoms with van der Waals surface area (Å²) in [5, 5.41) is 0.0465. The highest BCUT2D eigenvalue weighted by Crippen LogP contribution is 2.47. The summed E-state index contributed by atoms with van der Waals surface area (Å²) in [6, 6.07) is 0.153. The summed E-state index contributed by atoms with van der Waals surface area (Å²) >= 11 is 0. The minimum Gasteiger partial charge on any atom is -0.339 e. The molecule has 0 spiro atoms. The zero-order chi connectivity index (χ0) is 16.7. The summed E-state index contributed by atoms with van der Waals surface area (Å²) in [5.41, 5.74) is -0.133. The molecule has 128 valence electrons. The Morgan fingerprint density at radius 1 is 1.43 bits per heavy atom. The molecule has 2 heterocycles. The number of sulfonamides is 1. The zero-order valence-corrected chi connectivity index (χ0v) is 14.5. The molecule has 23 heavy (non-hydrogen) atoms. The van der Waals surface area contributed by atoms with Crippen LogP contribution in [0.5, 0.6) is 0 Å². The molecule has 2 atom stereocenters. The molecule has 3 rings (SSSR count). The zero-order valence-electron chi connectivity index (χ0n) is 13.7. The van der Waals surface area contributed by atoms with E-state index in [1.54, 1.807) is 11.6 Å². The Morgan fingerprint density at radius 3 is 2.87 bits per heavy atom. The monoisotopic (exact) mass is 340 g/mol. The quantitative estimate of drug-likeness (QED) is 0.862. The predicted molar refractivity (Wildman–Crippen MR) is 85.1 cm³/mol. The van der Waals surface area contributed by atoms with Gasteiger partial charge in [-0.25, -0.2) is 18.1 Å². The van der Waals surface area contributed by atoms with Gasteiger partial charge in [-0.2, -0.15) is 0 Å². The molecule has 0 bridgehead atoms. The third-order valence-corrected chi connectivity index (χ3v) is 6.59. The number of nitrogens with one attached hydrogen (secondary N) is 1. The van der Waals surface area contributed by atoms with Crippen LogP contribution >= 0.6 is 0 Å². The topological polar surface area (TPSA) is 84.3 Å². The molecule has 0 unspecified atom stereocenters. The van der Waals surface area contributed by atoms with Gasteiger partial charge in [-0.1, -0.05) is 6.42 Å². The maximum absolute atomic E-state index is 12.4. The second-order valence-electron chi connectivity index (χ2n) is 6.65. The van der Waals surface area contributed by atoms with Crippen LogP contribution in [0.3, 0.4) is 0 Å². The van der Waals surface area contributed by atoms with Gasteiger partial charge < -0.3 is 9.47 Å². The van der Waals surface area contributed by atoms with Crippen molar-refractivity contribution in [3.8, 4) is 0 Å². The van der Waals surface area contributed by atoms with Crippen molar-refractivity contribution in [2.75, 3.05) is 13.1 Å². The first-order valence-electron chi connectivity index (χ1n) is 8.15. The highest BCUT2D eigenvalue weighted by Gasteiger charge is 2.50. The number of imidazole rings is 1. The van der Waals surface area contributed by atoms with Gasteiger partial charge in [-0.15, -0.1) is 0 Å². The molecule has 1 N–H and O–H groups in total. The van der Waals surface area contributed by atoms with Crippen LogP contribution in [0.4, 0.5) is 0 Å². The number of aryl methyl sites for hydroxylation is 1. The van der Waals surface area contributed by atoms with Crippen LogP contribution in [0, 0.1) is 5.41 Å². The number of carbonyl (C=O) groups is 1. The maximum Gasteiger partial charge on any atom is 0.259 e. The van der Waals surface area contributed by atoms with Crippen molar-refractivity contribution in [2.24, 2.45) is 12.5 Å². The first-order chi connectivity index (χ1) is 10.9. The van der Waals surface area contributed by atoms with Crippen LogP contribution in [-0.4, -0.2) is 47.9 Å². The van der Waals surface area contributed by atoms with Crippen molar-refractivity contribution in [2.45, 2.75) is 50.1 Å². The number of hydrogen-bond acceptors (Lipinski definition) is 4. The van der Waals surface area contributed by atoms with Crippen LogP contribution in [0.1, 0.15) is 39.0 Å². The van der Waals surface area contributed by atoms with E-state index in [9.17, 15) is 13.2 Å². The van der Waals surface area contributed by atoms with Gasteiger partial charge in [0.1, 0.15) is 0 Å². The molecule has 2 aliphatic rings. The van der Waals surface area contributed by atoms with E-state index in [0.29, 0.717) is 19.5 Å². The number of carbonyl (C=O) groups excluding carboxylic acids is 1. The summed E-state index contributed by atoms with van der Waals surface area (Å²) in [6.45, 7) is 3.06. The Labute approximate surface area is 137 Å². The van der Waals surface area contributed by atoms with Crippen LogP contribution in [0.2, 0.25) is 0 Å². The number of aromatic nitrogens is 2. The molecule has 1 aliphatic carbocycles. The summed E-state index contributed by atoms with van der Waals surface area (Å²) in [4.78, 5) is 18.0. The van der Waals surface area contributed by atoms with Crippen molar-refractivity contribution in [3.05, 3.63) is 12.5 Å². The van der Waals surface area contributed by atoms with Crippen LogP contribution in [0.25, 0.3) is 0 Å². The molecule has 0 aromatic carbocycles. The van der Waals surface area contributed by atoms with Gasteiger partial charge in [0.25, 0.3) is 10.0 Å². The third kappa shape index (κ3) is 2.89. The summed E-state index contributed by atoms with van der Waals surface area (Å²) in [7, 11) is -1.87. The predicted octanol–water partition coefficient (Wildman–Crippen LogP) is 0.880. The van der Waals surface area contributed by atoms with Crippen LogP contribution in [0.15, 0.2) is 17.6 Å². The van der Waals surface area contributed by atoms with Gasteiger partial charge in [-0.05, 0) is 26.2 Å². The number of piperidine rings is 1. The largest absolute Gasteiger partial charge is 0.339 e. The number of hydrogen-bond donors (Lipinski definition) is 1. The Morgan fingerprint density at radius 2 is 2.22 bits per heavy atom. The van der Waals surface area contributed by atoms with E-state index in [1.807, 2.05) is 11.8 Å². The number of amides is 1. The molecule has 1 aromatic heterocycles. The molecular weight excluding hydrogens is 316 g/mol. The molecule has 0 radical (unpaired) electrons. The fraction of sp³-hybridized carbons (Fsp3) is 0.733. The third-order valence-electron chi connectivity index (χ3n) is 5.30. The Bertz CT molecular complexity index is 699. The van der Waals surface area contributed by atoms with Gasteiger partial charge in [0.05, 0.1) is 6.33 Å². The van der Waals surface area contributed by atoms with Crippen molar-refractivity contribution in [1.82, 2.24) is 19.2 Å². The molecule has 1 saturated heterocycles. The van der Waals surface area contributed by atoms with E-state index in [0.717, 1.165) is 25.7 Å². The van der Waals surface area contributed by atoms with Gasteiger partial charge in [0.2, 0.25) is 5.91 Å². The first-order valence-corrected chi connectivity index (χ1v) is 9.63. The fourth-order valence-electron chi connectivity index (χ4n) is 4.10. The smallest absolute Gasteiger partial charge is 0.259 e. The van der Waals surface area contributed by atoms with Crippen LogP contribution < -0.4 is 4.72 Å². The average molecular weight is 340 g/mol. The normalized spacial score (nSPS) is 28.2. The lowest BCUT2D eigenvalue weighted by atomic mass is 9.75. The van der Waals surface area contributed by atoms with E-state index >= 15 is 0 Å². The Hall–Kier alpha value is -1.41. The SMILES string of the molecule is CCN1C(=O)CC[C@]2(CNS(=O)(=O)c3cn(C)cn3)CCC[C@@H]12. The lowest BCUT2D eigenvalue weighted by molar-refractivity contribution is -0.141. The van der Waals surface area contributed by atoms with Gasteiger partial charge in [0, 0.05) is 44.2 Å². The average Bonchev–Trinajstić information content (AvgIpc) is 3.13. The lowest BCUT2D eigenvalue weighted by Gasteiger charge is -2.46. The van der Waals surface area contributed by atoms with Crippen molar-refractivity contribution >= 4 is 15.9 Å². The van der Waals surface area contributed by atoms with E-state index < -0.39 is 10.0 Å². The Balaban J connectivity index is 1.77. The van der Waals surface area contributed by atoms with Crippen molar-refractivity contribution < 1.29 is 13.2 Å². The molecule has 1 aliphatic heterocycles. The van der Waals surface area contributed by atoms with Crippen LogP contribution in [-0.2, 0) is 21.9 Å². The molecule has 1 aromatic rings. The Kier molecular flexibility index (Phi) is 4.22. The van der Waals surface area contributed by atoms with E-state index in [2.05, 4.69) is 9.71 Å². The molecule has 8 heteroatoms. The summed E-state index contributed by atoms with van der Waals surface area (Å²) < 4.78 is 29.2. The lowest BCUT2D eigenvalue weighted by Crippen LogP contribution is -2.55. The standard InChI is InChI=1S/C15H24N4O3S/c1-3-19-12-5-4-7-15(12,8-6-14(19)20)10-17-23(21,22)13-9-18(2)11-16-13/h9,11-12,17H,3-8,10H2,1-2H3/t12-,15+/m1/s1. The number of nitrogens with zero attached hydrogens (tertiary/aromatic N) is 3. The molecule has 7 nitrogen and oxygen atoms in total. The van der Waals surface area contributed by atoms with Crippen molar-refractivity contribution in [3.63, 3.8) is 0 Å². The van der Waals surface area contributed by atoms with Gasteiger partial charge in [-0.3, -0.25) is 4.79 Å². The van der Waals surface area contributed by atoms with E-state index in [-0.39, 0.29) is 22.4 Å². The van der Waals surface area contributed by atoms with E-state index in [1.165, 1.54) is 12.5 Å². The molecule has 1 saturated carbocycles. The highest BCUT2D eigenvalue weighted by molar-refractivity contribution is 7.89. The minimum absolute atomic E-state index is 0.0465. The fourth-order valence-corrected chi connectivity index (χ4v) is 5.22. The second kappa shape index (κ2) is 5.90. The summed E-state index contributed by atoms with van der Waals surface area (Å²) in [5.74, 6) is 0.197. The van der Waals surface area contributed by atoms with Gasteiger partial charge >= 0.3 is 0 Å². The molecule has 1 amide bonds.